The number of piperidine rings is 1. The van der Waals surface area contributed by atoms with E-state index < -0.39 is 0 Å². The molecular weight excluding hydrogens is 415 g/mol. The fourth-order valence-electron chi connectivity index (χ4n) is 3.75. The Bertz CT molecular complexity index is 1090. The van der Waals surface area contributed by atoms with Crippen molar-refractivity contribution in [3.63, 3.8) is 0 Å². The molecule has 3 aromatic rings. The maximum Gasteiger partial charge on any atom is 0.275 e. The summed E-state index contributed by atoms with van der Waals surface area (Å²) in [6, 6.07) is 14.1. The lowest BCUT2D eigenvalue weighted by molar-refractivity contribution is -0.122. The minimum atomic E-state index is -0.310. The van der Waals surface area contributed by atoms with Gasteiger partial charge in [0.05, 0.1) is 16.4 Å². The first-order valence-corrected chi connectivity index (χ1v) is 11.0. The van der Waals surface area contributed by atoms with Crippen molar-refractivity contribution in [2.24, 2.45) is 11.7 Å². The molecule has 0 radical (unpaired) electrons. The molecule has 160 valence electrons. The molecule has 0 unspecified atom stereocenters. The van der Waals surface area contributed by atoms with Gasteiger partial charge in [0.15, 0.2) is 0 Å². The van der Waals surface area contributed by atoms with Crippen LogP contribution in [0.3, 0.4) is 0 Å². The minimum Gasteiger partial charge on any atom is -0.370 e. The van der Waals surface area contributed by atoms with Gasteiger partial charge in [0, 0.05) is 30.8 Å². The Kier molecular flexibility index (Phi) is 6.27. The molecular formula is C23H23FN4O2S. The van der Waals surface area contributed by atoms with Crippen molar-refractivity contribution in [1.29, 1.82) is 0 Å². The van der Waals surface area contributed by atoms with E-state index in [1.54, 1.807) is 23.6 Å². The smallest absolute Gasteiger partial charge is 0.275 e. The summed E-state index contributed by atoms with van der Waals surface area (Å²) in [7, 11) is 0. The highest BCUT2D eigenvalue weighted by Crippen LogP contribution is 2.30. The number of nitrogens with one attached hydrogen (secondary N) is 1. The molecule has 0 saturated carbocycles. The molecule has 3 N–H and O–H groups in total. The van der Waals surface area contributed by atoms with Gasteiger partial charge in [0.2, 0.25) is 5.91 Å². The van der Waals surface area contributed by atoms with Gasteiger partial charge in [-0.2, -0.15) is 0 Å². The Balaban J connectivity index is 1.44. The van der Waals surface area contributed by atoms with Gasteiger partial charge in [0.25, 0.3) is 5.91 Å². The molecule has 2 aromatic carbocycles. The lowest BCUT2D eigenvalue weighted by Crippen LogP contribution is -2.38. The van der Waals surface area contributed by atoms with E-state index in [0.717, 1.165) is 5.69 Å². The van der Waals surface area contributed by atoms with Crippen LogP contribution in [-0.4, -0.2) is 29.9 Å². The second kappa shape index (κ2) is 9.26. The number of benzene rings is 2. The lowest BCUT2D eigenvalue weighted by atomic mass is 9.96. The molecule has 6 nitrogen and oxygen atoms in total. The van der Waals surface area contributed by atoms with Crippen LogP contribution in [0.5, 0.6) is 0 Å². The second-order valence-electron chi connectivity index (χ2n) is 7.53. The van der Waals surface area contributed by atoms with Crippen molar-refractivity contribution < 1.29 is 14.0 Å². The van der Waals surface area contributed by atoms with E-state index in [0.29, 0.717) is 54.3 Å². The summed E-state index contributed by atoms with van der Waals surface area (Å²) >= 11 is 1.33. The topological polar surface area (TPSA) is 88.3 Å². The number of aromatic nitrogens is 1. The van der Waals surface area contributed by atoms with Crippen molar-refractivity contribution in [3.05, 3.63) is 76.0 Å². The van der Waals surface area contributed by atoms with Crippen molar-refractivity contribution in [2.75, 3.05) is 23.3 Å². The molecule has 1 saturated heterocycles. The zero-order valence-electron chi connectivity index (χ0n) is 16.9. The summed E-state index contributed by atoms with van der Waals surface area (Å²) < 4.78 is 13.9. The third-order valence-electron chi connectivity index (χ3n) is 5.47. The number of nitrogens with two attached hydrogens (primary N) is 1. The molecule has 1 aliphatic heterocycles. The van der Waals surface area contributed by atoms with Gasteiger partial charge in [-0.3, -0.25) is 9.59 Å². The predicted molar refractivity (Wildman–Crippen MR) is 120 cm³/mol. The number of rotatable bonds is 6. The monoisotopic (exact) mass is 438 g/mol. The van der Waals surface area contributed by atoms with E-state index in [1.807, 2.05) is 24.3 Å². The molecule has 8 heteroatoms. The molecule has 0 atom stereocenters. The van der Waals surface area contributed by atoms with Gasteiger partial charge in [-0.1, -0.05) is 30.3 Å². The lowest BCUT2D eigenvalue weighted by Gasteiger charge is -2.33. The van der Waals surface area contributed by atoms with Crippen LogP contribution in [0.2, 0.25) is 0 Å². The normalized spacial score (nSPS) is 14.4. The molecule has 1 aliphatic rings. The van der Waals surface area contributed by atoms with Crippen LogP contribution in [0.25, 0.3) is 0 Å². The first kappa shape index (κ1) is 21.0. The van der Waals surface area contributed by atoms with Crippen LogP contribution in [0.15, 0.2) is 53.9 Å². The van der Waals surface area contributed by atoms with Crippen LogP contribution in [0, 0.1) is 11.7 Å². The highest BCUT2D eigenvalue weighted by atomic mass is 32.1. The van der Waals surface area contributed by atoms with Crippen LogP contribution < -0.4 is 16.0 Å². The fraction of sp³-hybridized carbons (Fsp3) is 0.261. The first-order chi connectivity index (χ1) is 15.0. The summed E-state index contributed by atoms with van der Waals surface area (Å²) in [4.78, 5) is 30.8. The number of primary amides is 1. The summed E-state index contributed by atoms with van der Waals surface area (Å²) in [5, 5.41) is 5.31. The number of amides is 2. The first-order valence-electron chi connectivity index (χ1n) is 10.1. The Labute approximate surface area is 183 Å². The van der Waals surface area contributed by atoms with Crippen molar-refractivity contribution >= 4 is 34.5 Å². The number of hydrogen-bond donors (Lipinski definition) is 2. The zero-order valence-corrected chi connectivity index (χ0v) is 17.7. The van der Waals surface area contributed by atoms with E-state index >= 15 is 0 Å². The van der Waals surface area contributed by atoms with Crippen molar-refractivity contribution in [1.82, 2.24) is 4.98 Å². The Morgan fingerprint density at radius 2 is 1.84 bits per heavy atom. The van der Waals surface area contributed by atoms with Gasteiger partial charge >= 0.3 is 0 Å². The Morgan fingerprint density at radius 3 is 2.58 bits per heavy atom. The van der Waals surface area contributed by atoms with Gasteiger partial charge in [0.1, 0.15) is 11.5 Å². The number of carbonyl (C=O) groups excluding carboxylic acids is 2. The summed E-state index contributed by atoms with van der Waals surface area (Å²) in [6.07, 6.45) is 1.74. The molecule has 1 fully saturated rings. The number of hydrogen-bond acceptors (Lipinski definition) is 5. The van der Waals surface area contributed by atoms with E-state index in [2.05, 4.69) is 15.2 Å². The maximum atomic E-state index is 13.9. The van der Waals surface area contributed by atoms with E-state index in [9.17, 15) is 14.0 Å². The van der Waals surface area contributed by atoms with Gasteiger partial charge in [-0.05, 0) is 36.6 Å². The number of halogens is 1. The number of nitrogens with zero attached hydrogens (tertiary/aromatic N) is 2. The van der Waals surface area contributed by atoms with E-state index in [-0.39, 0.29) is 23.5 Å². The second-order valence-corrected chi connectivity index (χ2v) is 8.47. The fourth-order valence-corrected chi connectivity index (χ4v) is 4.54. The highest BCUT2D eigenvalue weighted by molar-refractivity contribution is 7.09. The Morgan fingerprint density at radius 1 is 1.13 bits per heavy atom. The molecule has 31 heavy (non-hydrogen) atoms. The van der Waals surface area contributed by atoms with Crippen molar-refractivity contribution in [2.45, 2.75) is 19.3 Å². The average molecular weight is 439 g/mol. The number of carbonyl (C=O) groups is 2. The summed E-state index contributed by atoms with van der Waals surface area (Å²) in [5.74, 6) is -0.940. The largest absolute Gasteiger partial charge is 0.370 e. The van der Waals surface area contributed by atoms with E-state index in [1.165, 1.54) is 17.4 Å². The molecule has 1 aromatic heterocycles. The quantitative estimate of drug-likeness (QED) is 0.612. The number of anilines is 2. The molecule has 0 spiro atoms. The molecule has 0 bridgehead atoms. The average Bonchev–Trinajstić information content (AvgIpc) is 3.25. The Hall–Kier alpha value is -3.26. The van der Waals surface area contributed by atoms with Crippen molar-refractivity contribution in [3.8, 4) is 0 Å². The summed E-state index contributed by atoms with van der Waals surface area (Å²) in [6.45, 7) is 1.40. The van der Waals surface area contributed by atoms with Gasteiger partial charge < -0.3 is 16.0 Å². The SMILES string of the molecule is NC(=O)C1CCN(c2ccccc2NC(=O)c2csc(Cc3ccccc3F)n2)CC1. The maximum absolute atomic E-state index is 13.9. The number of thiazole rings is 1. The molecule has 4 rings (SSSR count). The van der Waals surface area contributed by atoms with Crippen LogP contribution in [0.1, 0.15) is 33.9 Å². The third-order valence-corrected chi connectivity index (χ3v) is 6.32. The summed E-state index contributed by atoms with van der Waals surface area (Å²) in [5.41, 5.74) is 7.87. The van der Waals surface area contributed by atoms with Crippen LogP contribution in [-0.2, 0) is 11.2 Å². The highest BCUT2D eigenvalue weighted by Gasteiger charge is 2.25. The molecule has 2 amide bonds. The minimum absolute atomic E-state index is 0.0964. The van der Waals surface area contributed by atoms with Gasteiger partial charge in [-0.25, -0.2) is 9.37 Å². The molecule has 2 heterocycles. The van der Waals surface area contributed by atoms with Crippen LogP contribution >= 0.6 is 11.3 Å². The van der Waals surface area contributed by atoms with E-state index in [4.69, 9.17) is 5.73 Å². The predicted octanol–water partition coefficient (Wildman–Crippen LogP) is 3.83. The van der Waals surface area contributed by atoms with Crippen LogP contribution in [0.4, 0.5) is 15.8 Å². The standard InChI is InChI=1S/C23H23FN4O2S/c24-17-6-2-1-5-16(17)13-21-26-19(14-31-21)23(30)27-18-7-3-4-8-20(18)28-11-9-15(10-12-28)22(25)29/h1-8,14-15H,9-13H2,(H2,25,29)(H,27,30). The third kappa shape index (κ3) is 4.91. The zero-order chi connectivity index (χ0) is 21.8. The van der Waals surface area contributed by atoms with Gasteiger partial charge in [-0.15, -0.1) is 11.3 Å². The molecule has 0 aliphatic carbocycles. The number of para-hydroxylation sites is 2.